The normalized spacial score (nSPS) is 11.3. The lowest BCUT2D eigenvalue weighted by Crippen LogP contribution is -2.07. The van der Waals surface area contributed by atoms with Gasteiger partial charge in [-0.3, -0.25) is 9.59 Å². The first kappa shape index (κ1) is 31.1. The van der Waals surface area contributed by atoms with E-state index in [1.165, 1.54) is 63.9 Å². The van der Waals surface area contributed by atoms with Gasteiger partial charge in [-0.1, -0.05) is 88.7 Å². The quantitative estimate of drug-likeness (QED) is 0.0437. The molecule has 0 bridgehead atoms. The summed E-state index contributed by atoms with van der Waals surface area (Å²) in [7, 11) is 1.62. The lowest BCUT2D eigenvalue weighted by Gasteiger charge is -2.05. The zero-order valence-corrected chi connectivity index (χ0v) is 23.5. The molecule has 0 radical (unpaired) electrons. The standard InChI is InChI=1S/C34H46O4/c1-3-4-5-6-7-8-9-10-11-12-13-14-15-16-17-18-34(36)38-32-26-22-30(23-27-32)33(35)28-21-29-19-24-31(37-2)25-20-29/h10-11,19-28H,3-9,12-18H2,1-2H3/b11-10-,28-21+. The number of ketones is 1. The summed E-state index contributed by atoms with van der Waals surface area (Å²) in [6, 6.07) is 14.2. The van der Waals surface area contributed by atoms with Crippen molar-refractivity contribution in [2.45, 2.75) is 96.8 Å². The van der Waals surface area contributed by atoms with Crippen LogP contribution in [-0.4, -0.2) is 18.9 Å². The summed E-state index contributed by atoms with van der Waals surface area (Å²) in [5.74, 6) is 0.919. The maximum atomic E-state index is 12.4. The molecule has 0 amide bonds. The largest absolute Gasteiger partial charge is 0.497 e. The van der Waals surface area contributed by atoms with E-state index in [0.29, 0.717) is 17.7 Å². The predicted octanol–water partition coefficient (Wildman–Crippen LogP) is 9.53. The molecule has 0 aliphatic carbocycles. The van der Waals surface area contributed by atoms with E-state index in [0.717, 1.165) is 37.0 Å². The van der Waals surface area contributed by atoms with E-state index >= 15 is 0 Å². The number of carbonyl (C=O) groups excluding carboxylic acids is 2. The monoisotopic (exact) mass is 518 g/mol. The van der Waals surface area contributed by atoms with Crippen LogP contribution in [-0.2, 0) is 4.79 Å². The molecule has 0 aliphatic heterocycles. The first-order valence-corrected chi connectivity index (χ1v) is 14.4. The molecule has 0 atom stereocenters. The number of methoxy groups -OCH3 is 1. The van der Waals surface area contributed by atoms with Crippen LogP contribution in [0.3, 0.4) is 0 Å². The Morgan fingerprint density at radius 2 is 1.24 bits per heavy atom. The van der Waals surface area contributed by atoms with E-state index in [1.807, 2.05) is 24.3 Å². The van der Waals surface area contributed by atoms with E-state index in [4.69, 9.17) is 9.47 Å². The van der Waals surface area contributed by atoms with Gasteiger partial charge >= 0.3 is 5.97 Å². The molecule has 4 heteroatoms. The number of hydrogen-bond donors (Lipinski definition) is 0. The Labute approximate surface area is 230 Å². The Morgan fingerprint density at radius 3 is 1.84 bits per heavy atom. The SMILES string of the molecule is CCCCCCCC/C=C\CCCCCCCC(=O)Oc1ccc(C(=O)/C=C/c2ccc(OC)cc2)cc1. The van der Waals surface area contributed by atoms with Crippen molar-refractivity contribution in [3.8, 4) is 11.5 Å². The van der Waals surface area contributed by atoms with Gasteiger partial charge in [0.05, 0.1) is 7.11 Å². The van der Waals surface area contributed by atoms with Crippen LogP contribution in [0.5, 0.6) is 11.5 Å². The van der Waals surface area contributed by atoms with Crippen molar-refractivity contribution in [2.75, 3.05) is 7.11 Å². The van der Waals surface area contributed by atoms with Crippen molar-refractivity contribution in [1.29, 1.82) is 0 Å². The van der Waals surface area contributed by atoms with Crippen LogP contribution in [0, 0.1) is 0 Å². The van der Waals surface area contributed by atoms with Crippen molar-refractivity contribution >= 4 is 17.8 Å². The van der Waals surface area contributed by atoms with Gasteiger partial charge in [0.2, 0.25) is 0 Å². The number of rotatable bonds is 20. The third kappa shape index (κ3) is 14.0. The molecule has 2 aromatic rings. The van der Waals surface area contributed by atoms with Crippen molar-refractivity contribution < 1.29 is 19.1 Å². The van der Waals surface area contributed by atoms with Crippen LogP contribution in [0.25, 0.3) is 6.08 Å². The fourth-order valence-corrected chi connectivity index (χ4v) is 4.19. The van der Waals surface area contributed by atoms with Crippen molar-refractivity contribution in [3.05, 3.63) is 77.9 Å². The number of hydrogen-bond acceptors (Lipinski definition) is 4. The van der Waals surface area contributed by atoms with Gasteiger partial charge in [-0.15, -0.1) is 0 Å². The van der Waals surface area contributed by atoms with Gasteiger partial charge in [0, 0.05) is 12.0 Å². The van der Waals surface area contributed by atoms with Gasteiger partial charge in [0.1, 0.15) is 11.5 Å². The summed E-state index contributed by atoms with van der Waals surface area (Å²) in [5, 5.41) is 0. The number of benzene rings is 2. The number of carbonyl (C=O) groups is 2. The van der Waals surface area contributed by atoms with E-state index in [9.17, 15) is 9.59 Å². The van der Waals surface area contributed by atoms with Crippen LogP contribution < -0.4 is 9.47 Å². The number of unbranched alkanes of at least 4 members (excludes halogenated alkanes) is 11. The summed E-state index contributed by atoms with van der Waals surface area (Å²) in [4.78, 5) is 24.6. The van der Waals surface area contributed by atoms with Crippen LogP contribution in [0.15, 0.2) is 66.8 Å². The minimum absolute atomic E-state index is 0.105. The Bertz CT molecular complexity index is 971. The van der Waals surface area contributed by atoms with Crippen molar-refractivity contribution in [2.24, 2.45) is 0 Å². The zero-order valence-electron chi connectivity index (χ0n) is 23.5. The lowest BCUT2D eigenvalue weighted by molar-refractivity contribution is -0.134. The maximum Gasteiger partial charge on any atom is 0.311 e. The van der Waals surface area contributed by atoms with Gasteiger partial charge in [-0.05, 0) is 80.1 Å². The molecule has 0 saturated heterocycles. The molecule has 0 unspecified atom stereocenters. The molecule has 0 aromatic heterocycles. The molecule has 0 saturated carbocycles. The van der Waals surface area contributed by atoms with E-state index in [2.05, 4.69) is 19.1 Å². The minimum Gasteiger partial charge on any atom is -0.497 e. The second kappa shape index (κ2) is 19.9. The molecule has 0 heterocycles. The second-order valence-electron chi connectivity index (χ2n) is 9.80. The molecule has 38 heavy (non-hydrogen) atoms. The third-order valence-corrected chi connectivity index (χ3v) is 6.56. The summed E-state index contributed by atoms with van der Waals surface area (Å²) >= 11 is 0. The van der Waals surface area contributed by atoms with Gasteiger partial charge < -0.3 is 9.47 Å². The fourth-order valence-electron chi connectivity index (χ4n) is 4.19. The molecule has 2 rings (SSSR count). The number of esters is 1. The second-order valence-corrected chi connectivity index (χ2v) is 9.80. The maximum absolute atomic E-state index is 12.4. The Morgan fingerprint density at radius 1 is 0.684 bits per heavy atom. The van der Waals surface area contributed by atoms with Crippen LogP contribution in [0.2, 0.25) is 0 Å². The Balaban J connectivity index is 1.52. The topological polar surface area (TPSA) is 52.6 Å². The highest BCUT2D eigenvalue weighted by atomic mass is 16.5. The van der Waals surface area contributed by atoms with Crippen molar-refractivity contribution in [1.82, 2.24) is 0 Å². The van der Waals surface area contributed by atoms with E-state index < -0.39 is 0 Å². The van der Waals surface area contributed by atoms with Crippen LogP contribution in [0.4, 0.5) is 0 Å². The highest BCUT2D eigenvalue weighted by Gasteiger charge is 2.07. The highest BCUT2D eigenvalue weighted by molar-refractivity contribution is 6.06. The molecule has 2 aromatic carbocycles. The molecule has 4 nitrogen and oxygen atoms in total. The summed E-state index contributed by atoms with van der Waals surface area (Å²) in [6.45, 7) is 2.26. The minimum atomic E-state index is -0.221. The fraction of sp³-hybridized carbons (Fsp3) is 0.471. The molecule has 0 spiro atoms. The number of allylic oxidation sites excluding steroid dienone is 3. The average Bonchev–Trinajstić information content (AvgIpc) is 2.94. The van der Waals surface area contributed by atoms with Crippen molar-refractivity contribution in [3.63, 3.8) is 0 Å². The van der Waals surface area contributed by atoms with Crippen LogP contribution in [0.1, 0.15) is 113 Å². The van der Waals surface area contributed by atoms with Gasteiger partial charge in [-0.25, -0.2) is 0 Å². The summed E-state index contributed by atoms with van der Waals surface area (Å²) < 4.78 is 10.6. The van der Waals surface area contributed by atoms with E-state index in [-0.39, 0.29) is 11.8 Å². The molecule has 0 fully saturated rings. The number of ether oxygens (including phenoxy) is 2. The van der Waals surface area contributed by atoms with E-state index in [1.54, 1.807) is 37.5 Å². The molecule has 206 valence electrons. The Kier molecular flexibility index (Phi) is 16.3. The molecule has 0 aliphatic rings. The first-order valence-electron chi connectivity index (χ1n) is 14.4. The zero-order chi connectivity index (χ0) is 27.3. The average molecular weight is 519 g/mol. The summed E-state index contributed by atoms with van der Waals surface area (Å²) in [6.07, 6.45) is 24.4. The smallest absolute Gasteiger partial charge is 0.311 e. The highest BCUT2D eigenvalue weighted by Crippen LogP contribution is 2.17. The van der Waals surface area contributed by atoms with Crippen LogP contribution >= 0.6 is 0 Å². The molecular weight excluding hydrogens is 472 g/mol. The van der Waals surface area contributed by atoms with Gasteiger partial charge in [0.15, 0.2) is 5.78 Å². The predicted molar refractivity (Wildman–Crippen MR) is 158 cm³/mol. The Hall–Kier alpha value is -3.14. The van der Waals surface area contributed by atoms with Gasteiger partial charge in [-0.2, -0.15) is 0 Å². The molecule has 0 N–H and O–H groups in total. The first-order chi connectivity index (χ1) is 18.6. The third-order valence-electron chi connectivity index (χ3n) is 6.56. The summed E-state index contributed by atoms with van der Waals surface area (Å²) in [5.41, 5.74) is 1.46. The van der Waals surface area contributed by atoms with Gasteiger partial charge in [0.25, 0.3) is 0 Å². The lowest BCUT2D eigenvalue weighted by atomic mass is 10.1. The molecular formula is C34H46O4.